The number of hydrogen-bond donors (Lipinski definition) is 1. The van der Waals surface area contributed by atoms with Gasteiger partial charge in [-0.15, -0.1) is 11.3 Å². The highest BCUT2D eigenvalue weighted by Crippen LogP contribution is 2.27. The summed E-state index contributed by atoms with van der Waals surface area (Å²) in [5, 5.41) is 1.76. The second-order valence-corrected chi connectivity index (χ2v) is 7.74. The summed E-state index contributed by atoms with van der Waals surface area (Å²) < 4.78 is 27.9. The number of nitrogens with one attached hydrogen (secondary N) is 1. The first-order chi connectivity index (χ1) is 8.40. The van der Waals surface area contributed by atoms with Gasteiger partial charge in [0.2, 0.25) is 0 Å². The van der Waals surface area contributed by atoms with Gasteiger partial charge in [-0.3, -0.25) is 0 Å². The van der Waals surface area contributed by atoms with Gasteiger partial charge in [-0.25, -0.2) is 13.1 Å². The van der Waals surface area contributed by atoms with Crippen molar-refractivity contribution in [2.24, 2.45) is 0 Å². The van der Waals surface area contributed by atoms with E-state index in [0.717, 1.165) is 19.6 Å². The number of halogens is 1. The molecular formula is C11H19BrN2O2S2. The molecule has 0 aliphatic heterocycles. The van der Waals surface area contributed by atoms with Crippen LogP contribution in [0.3, 0.4) is 0 Å². The van der Waals surface area contributed by atoms with Crippen LogP contribution in [0.5, 0.6) is 0 Å². The first-order valence-corrected chi connectivity index (χ1v) is 9.04. The lowest BCUT2D eigenvalue weighted by Crippen LogP contribution is -2.41. The molecule has 1 rings (SSSR count). The Bertz CT molecular complexity index is 469. The van der Waals surface area contributed by atoms with Gasteiger partial charge in [0.05, 0.1) is 0 Å². The molecule has 0 aliphatic carbocycles. The molecule has 7 heteroatoms. The molecule has 0 bridgehead atoms. The molecule has 1 heterocycles. The Kier molecular flexibility index (Phi) is 6.26. The van der Waals surface area contributed by atoms with Crippen molar-refractivity contribution in [2.45, 2.75) is 31.0 Å². The summed E-state index contributed by atoms with van der Waals surface area (Å²) in [6, 6.07) is 1.64. The molecule has 1 unspecified atom stereocenters. The van der Waals surface area contributed by atoms with Crippen molar-refractivity contribution in [1.82, 2.24) is 9.62 Å². The maximum absolute atomic E-state index is 12.1. The molecule has 0 fully saturated rings. The van der Waals surface area contributed by atoms with E-state index >= 15 is 0 Å². The van der Waals surface area contributed by atoms with E-state index in [0.29, 0.717) is 8.68 Å². The largest absolute Gasteiger partial charge is 0.302 e. The average molecular weight is 355 g/mol. The number of nitrogens with zero attached hydrogens (tertiary/aromatic N) is 1. The van der Waals surface area contributed by atoms with E-state index in [1.54, 1.807) is 11.4 Å². The molecule has 4 nitrogen and oxygen atoms in total. The Balaban J connectivity index is 2.69. The van der Waals surface area contributed by atoms with Gasteiger partial charge in [-0.05, 0) is 47.4 Å². The normalized spacial score (nSPS) is 14.1. The van der Waals surface area contributed by atoms with E-state index in [9.17, 15) is 8.42 Å². The predicted octanol–water partition coefficient (Wildman–Crippen LogP) is 2.52. The fourth-order valence-electron chi connectivity index (χ4n) is 1.70. The van der Waals surface area contributed by atoms with Gasteiger partial charge in [0.1, 0.15) is 4.21 Å². The van der Waals surface area contributed by atoms with Crippen LogP contribution in [0.25, 0.3) is 0 Å². The highest BCUT2D eigenvalue weighted by atomic mass is 79.9. The third-order valence-corrected chi connectivity index (χ3v) is 6.87. The van der Waals surface area contributed by atoms with Crippen molar-refractivity contribution in [1.29, 1.82) is 0 Å². The Morgan fingerprint density at radius 3 is 2.50 bits per heavy atom. The SMILES string of the molecule is CCN(CC)CC(C)NS(=O)(=O)c1sccc1Br. The van der Waals surface area contributed by atoms with Crippen molar-refractivity contribution < 1.29 is 8.42 Å². The minimum absolute atomic E-state index is 0.108. The molecule has 0 saturated carbocycles. The first kappa shape index (κ1) is 16.1. The van der Waals surface area contributed by atoms with Crippen LogP contribution in [0.15, 0.2) is 20.1 Å². The van der Waals surface area contributed by atoms with Crippen LogP contribution in [-0.2, 0) is 10.0 Å². The lowest BCUT2D eigenvalue weighted by molar-refractivity contribution is 0.282. The van der Waals surface area contributed by atoms with Crippen LogP contribution in [0.4, 0.5) is 0 Å². The topological polar surface area (TPSA) is 49.4 Å². The van der Waals surface area contributed by atoms with Crippen molar-refractivity contribution >= 4 is 37.3 Å². The molecule has 0 radical (unpaired) electrons. The standard InChI is InChI=1S/C11H19BrN2O2S2/c1-4-14(5-2)8-9(3)13-18(15,16)11-10(12)6-7-17-11/h6-7,9,13H,4-5,8H2,1-3H3. The van der Waals surface area contributed by atoms with Crippen LogP contribution in [-0.4, -0.2) is 39.0 Å². The number of thiophene rings is 1. The predicted molar refractivity (Wildman–Crippen MR) is 79.6 cm³/mol. The zero-order valence-corrected chi connectivity index (χ0v) is 14.0. The molecule has 1 aromatic heterocycles. The van der Waals surface area contributed by atoms with E-state index in [1.165, 1.54) is 11.3 Å². The van der Waals surface area contributed by atoms with Crippen LogP contribution in [0.2, 0.25) is 0 Å². The molecular weight excluding hydrogens is 336 g/mol. The summed E-state index contributed by atoms with van der Waals surface area (Å²) in [5.41, 5.74) is 0. The van der Waals surface area contributed by atoms with E-state index in [-0.39, 0.29) is 6.04 Å². The summed E-state index contributed by atoms with van der Waals surface area (Å²) in [4.78, 5) is 2.19. The van der Waals surface area contributed by atoms with Gasteiger partial charge >= 0.3 is 0 Å². The second kappa shape index (κ2) is 7.00. The van der Waals surface area contributed by atoms with Crippen LogP contribution in [0, 0.1) is 0 Å². The van der Waals surface area contributed by atoms with E-state index in [1.807, 2.05) is 6.92 Å². The lowest BCUT2D eigenvalue weighted by Gasteiger charge is -2.23. The molecule has 18 heavy (non-hydrogen) atoms. The Morgan fingerprint density at radius 2 is 2.06 bits per heavy atom. The molecule has 0 aliphatic rings. The summed E-state index contributed by atoms with van der Waals surface area (Å²) >= 11 is 4.47. The van der Waals surface area contributed by atoms with E-state index in [4.69, 9.17) is 0 Å². The lowest BCUT2D eigenvalue weighted by atomic mass is 10.3. The van der Waals surface area contributed by atoms with E-state index < -0.39 is 10.0 Å². The monoisotopic (exact) mass is 354 g/mol. The second-order valence-electron chi connectivity index (χ2n) is 4.06. The summed E-state index contributed by atoms with van der Waals surface area (Å²) in [7, 11) is -3.41. The number of rotatable bonds is 7. The number of hydrogen-bond acceptors (Lipinski definition) is 4. The number of likely N-dealkylation sites (N-methyl/N-ethyl adjacent to an activating group) is 1. The van der Waals surface area contributed by atoms with Crippen molar-refractivity contribution in [3.8, 4) is 0 Å². The molecule has 0 aromatic carbocycles. The molecule has 1 aromatic rings. The minimum atomic E-state index is -3.41. The molecule has 0 saturated heterocycles. The van der Waals surface area contributed by atoms with Gasteiger partial charge in [-0.1, -0.05) is 13.8 Å². The van der Waals surface area contributed by atoms with Gasteiger partial charge < -0.3 is 4.90 Å². The molecule has 104 valence electrons. The van der Waals surface area contributed by atoms with Crippen molar-refractivity contribution in [2.75, 3.05) is 19.6 Å². The Hall–Kier alpha value is 0.0500. The minimum Gasteiger partial charge on any atom is -0.302 e. The van der Waals surface area contributed by atoms with Gasteiger partial charge in [0, 0.05) is 17.1 Å². The zero-order valence-electron chi connectivity index (χ0n) is 10.8. The summed E-state index contributed by atoms with van der Waals surface area (Å²) in [6.45, 7) is 8.59. The quantitative estimate of drug-likeness (QED) is 0.818. The third-order valence-electron chi connectivity index (χ3n) is 2.61. The summed E-state index contributed by atoms with van der Waals surface area (Å²) in [6.07, 6.45) is 0. The average Bonchev–Trinajstić information content (AvgIpc) is 2.72. The molecule has 0 spiro atoms. The number of sulfonamides is 1. The fourth-order valence-corrected chi connectivity index (χ4v) is 5.29. The highest BCUT2D eigenvalue weighted by molar-refractivity contribution is 9.10. The van der Waals surface area contributed by atoms with Gasteiger partial charge in [0.25, 0.3) is 10.0 Å². The third kappa shape index (κ3) is 4.31. The maximum atomic E-state index is 12.1. The van der Waals surface area contributed by atoms with Crippen LogP contribution < -0.4 is 4.72 Å². The van der Waals surface area contributed by atoms with Crippen molar-refractivity contribution in [3.63, 3.8) is 0 Å². The molecule has 0 amide bonds. The van der Waals surface area contributed by atoms with Crippen LogP contribution >= 0.6 is 27.3 Å². The summed E-state index contributed by atoms with van der Waals surface area (Å²) in [5.74, 6) is 0. The highest BCUT2D eigenvalue weighted by Gasteiger charge is 2.22. The maximum Gasteiger partial charge on any atom is 0.251 e. The van der Waals surface area contributed by atoms with Crippen molar-refractivity contribution in [3.05, 3.63) is 15.9 Å². The fraction of sp³-hybridized carbons (Fsp3) is 0.636. The van der Waals surface area contributed by atoms with Gasteiger partial charge in [-0.2, -0.15) is 0 Å². The smallest absolute Gasteiger partial charge is 0.251 e. The van der Waals surface area contributed by atoms with Gasteiger partial charge in [0.15, 0.2) is 0 Å². The van der Waals surface area contributed by atoms with Crippen LogP contribution in [0.1, 0.15) is 20.8 Å². The molecule has 1 atom stereocenters. The molecule has 1 N–H and O–H groups in total. The Morgan fingerprint density at radius 1 is 1.44 bits per heavy atom. The first-order valence-electron chi connectivity index (χ1n) is 5.88. The Labute approximate surface area is 122 Å². The van der Waals surface area contributed by atoms with E-state index in [2.05, 4.69) is 39.4 Å². The zero-order chi connectivity index (χ0) is 13.8.